The van der Waals surface area contributed by atoms with Gasteiger partial charge in [0.1, 0.15) is 11.9 Å². The van der Waals surface area contributed by atoms with E-state index in [2.05, 4.69) is 4.98 Å². The van der Waals surface area contributed by atoms with Crippen molar-refractivity contribution in [3.8, 4) is 0 Å². The fourth-order valence-electron chi connectivity index (χ4n) is 3.10. The molecule has 1 atom stereocenters. The van der Waals surface area contributed by atoms with Crippen molar-refractivity contribution < 1.29 is 23.5 Å². The number of aromatic nitrogens is 1. The fourth-order valence-corrected chi connectivity index (χ4v) is 3.27. The third kappa shape index (κ3) is 2.86. The predicted molar refractivity (Wildman–Crippen MR) is 98.6 cm³/mol. The van der Waals surface area contributed by atoms with Crippen LogP contribution in [0.15, 0.2) is 76.7 Å². The minimum absolute atomic E-state index is 0.0331. The molecule has 3 aromatic rings. The van der Waals surface area contributed by atoms with Crippen LogP contribution in [-0.4, -0.2) is 21.8 Å². The summed E-state index contributed by atoms with van der Waals surface area (Å²) in [7, 11) is 0. The molecule has 8 heteroatoms. The summed E-state index contributed by atoms with van der Waals surface area (Å²) in [5.41, 5.74) is 0.371. The second kappa shape index (κ2) is 6.94. The van der Waals surface area contributed by atoms with Gasteiger partial charge in [-0.2, -0.15) is 0 Å². The lowest BCUT2D eigenvalue weighted by molar-refractivity contribution is -0.117. The van der Waals surface area contributed by atoms with E-state index in [4.69, 9.17) is 16.0 Å². The van der Waals surface area contributed by atoms with Crippen molar-refractivity contribution in [2.45, 2.75) is 6.04 Å². The molecule has 6 nitrogen and oxygen atoms in total. The lowest BCUT2D eigenvalue weighted by atomic mass is 9.98. The van der Waals surface area contributed by atoms with Gasteiger partial charge in [0.2, 0.25) is 5.78 Å². The molecule has 0 aliphatic carbocycles. The highest BCUT2D eigenvalue weighted by Gasteiger charge is 2.46. The van der Waals surface area contributed by atoms with E-state index in [1.165, 1.54) is 36.7 Å². The summed E-state index contributed by atoms with van der Waals surface area (Å²) in [6.45, 7) is 0. The molecule has 1 amide bonds. The van der Waals surface area contributed by atoms with Crippen LogP contribution in [0.3, 0.4) is 0 Å². The van der Waals surface area contributed by atoms with Gasteiger partial charge in [0.15, 0.2) is 11.5 Å². The molecular weight excluding hydrogens is 387 g/mol. The Labute approximate surface area is 163 Å². The van der Waals surface area contributed by atoms with Gasteiger partial charge in [-0.05, 0) is 42.5 Å². The number of amides is 1. The van der Waals surface area contributed by atoms with Crippen molar-refractivity contribution >= 4 is 29.0 Å². The molecule has 0 radical (unpaired) electrons. The average Bonchev–Trinajstić information content (AvgIpc) is 3.32. The first-order valence-corrected chi connectivity index (χ1v) is 8.57. The standard InChI is InChI=1S/C20H12ClFN2O4/c21-12-10-11(6-7-13(12)22)24-17(14-4-1-2-8-23-14)16(19(26)20(24)27)18(25)15-5-3-9-28-15/h1-10,17,26H. The number of hydrogen-bond acceptors (Lipinski definition) is 5. The Bertz CT molecular complexity index is 1100. The molecule has 0 fully saturated rings. The highest BCUT2D eigenvalue weighted by molar-refractivity contribution is 6.31. The SMILES string of the molecule is O=C(C1=C(O)C(=O)N(c2ccc(F)c(Cl)c2)C1c1ccccn1)c1ccco1. The van der Waals surface area contributed by atoms with Gasteiger partial charge in [0.25, 0.3) is 5.91 Å². The molecule has 0 spiro atoms. The first-order valence-electron chi connectivity index (χ1n) is 8.20. The maximum absolute atomic E-state index is 13.6. The maximum atomic E-state index is 13.6. The number of aliphatic hydroxyl groups excluding tert-OH is 1. The molecule has 1 unspecified atom stereocenters. The molecule has 0 saturated heterocycles. The van der Waals surface area contributed by atoms with Gasteiger partial charge in [-0.1, -0.05) is 17.7 Å². The third-order valence-electron chi connectivity index (χ3n) is 4.35. The Hall–Kier alpha value is -3.45. The van der Waals surface area contributed by atoms with E-state index in [1.807, 2.05) is 0 Å². The Morgan fingerprint density at radius 2 is 2.04 bits per heavy atom. The zero-order valence-electron chi connectivity index (χ0n) is 14.2. The van der Waals surface area contributed by atoms with Crippen LogP contribution in [-0.2, 0) is 4.79 Å². The summed E-state index contributed by atoms with van der Waals surface area (Å²) in [6, 6.07) is 10.6. The van der Waals surface area contributed by atoms with E-state index < -0.39 is 29.3 Å². The number of carbonyl (C=O) groups excluding carboxylic acids is 2. The van der Waals surface area contributed by atoms with Crippen molar-refractivity contribution in [2.24, 2.45) is 0 Å². The average molecular weight is 399 g/mol. The Morgan fingerprint density at radius 3 is 2.68 bits per heavy atom. The van der Waals surface area contributed by atoms with Gasteiger partial charge < -0.3 is 9.52 Å². The van der Waals surface area contributed by atoms with Crippen LogP contribution in [0, 0.1) is 5.82 Å². The number of nitrogens with zero attached hydrogens (tertiary/aromatic N) is 2. The topological polar surface area (TPSA) is 83.6 Å². The number of rotatable bonds is 4. The van der Waals surface area contributed by atoms with Crippen molar-refractivity contribution in [1.29, 1.82) is 0 Å². The lowest BCUT2D eigenvalue weighted by Gasteiger charge is -2.26. The molecule has 2 aromatic heterocycles. The van der Waals surface area contributed by atoms with E-state index >= 15 is 0 Å². The number of anilines is 1. The van der Waals surface area contributed by atoms with E-state index in [-0.39, 0.29) is 22.0 Å². The predicted octanol–water partition coefficient (Wildman–Crippen LogP) is 4.25. The van der Waals surface area contributed by atoms with Crippen LogP contribution < -0.4 is 4.90 Å². The van der Waals surface area contributed by atoms with E-state index in [9.17, 15) is 19.1 Å². The van der Waals surface area contributed by atoms with Crippen molar-refractivity contribution in [3.63, 3.8) is 0 Å². The minimum Gasteiger partial charge on any atom is -0.503 e. The number of furan rings is 1. The number of aliphatic hydroxyl groups is 1. The Balaban J connectivity index is 1.89. The van der Waals surface area contributed by atoms with Crippen molar-refractivity contribution in [2.75, 3.05) is 4.90 Å². The van der Waals surface area contributed by atoms with Gasteiger partial charge in [0, 0.05) is 11.9 Å². The first-order chi connectivity index (χ1) is 13.5. The third-order valence-corrected chi connectivity index (χ3v) is 4.64. The largest absolute Gasteiger partial charge is 0.503 e. The molecule has 4 rings (SSSR count). The maximum Gasteiger partial charge on any atom is 0.294 e. The fraction of sp³-hybridized carbons (Fsp3) is 0.0500. The summed E-state index contributed by atoms with van der Waals surface area (Å²) < 4.78 is 18.7. The highest BCUT2D eigenvalue weighted by atomic mass is 35.5. The van der Waals surface area contributed by atoms with Crippen LogP contribution in [0.5, 0.6) is 0 Å². The number of halogens is 2. The highest BCUT2D eigenvalue weighted by Crippen LogP contribution is 2.41. The molecule has 1 aliphatic rings. The summed E-state index contributed by atoms with van der Waals surface area (Å²) in [6.07, 6.45) is 2.81. The number of ketones is 1. The van der Waals surface area contributed by atoms with Crippen molar-refractivity contribution in [3.05, 3.63) is 94.6 Å². The van der Waals surface area contributed by atoms with Gasteiger partial charge in [-0.3, -0.25) is 19.5 Å². The molecule has 1 N–H and O–H groups in total. The number of hydrogen-bond donors (Lipinski definition) is 1. The zero-order valence-corrected chi connectivity index (χ0v) is 14.9. The lowest BCUT2D eigenvalue weighted by Crippen LogP contribution is -2.31. The zero-order chi connectivity index (χ0) is 19.8. The quantitative estimate of drug-likeness (QED) is 0.664. The number of Topliss-reactive ketones (excluding diaryl/α,β-unsaturated/α-hetero) is 1. The molecule has 3 heterocycles. The molecule has 28 heavy (non-hydrogen) atoms. The molecule has 140 valence electrons. The monoisotopic (exact) mass is 398 g/mol. The summed E-state index contributed by atoms with van der Waals surface area (Å²) in [5.74, 6) is -2.89. The summed E-state index contributed by atoms with van der Waals surface area (Å²) in [4.78, 5) is 31.2. The normalized spacial score (nSPS) is 16.7. The molecule has 1 aromatic carbocycles. The van der Waals surface area contributed by atoms with E-state index in [0.717, 1.165) is 11.0 Å². The number of carbonyl (C=O) groups is 2. The molecule has 1 aliphatic heterocycles. The van der Waals surface area contributed by atoms with Gasteiger partial charge >= 0.3 is 0 Å². The second-order valence-electron chi connectivity index (χ2n) is 6.00. The summed E-state index contributed by atoms with van der Waals surface area (Å²) >= 11 is 5.86. The Morgan fingerprint density at radius 1 is 1.21 bits per heavy atom. The van der Waals surface area contributed by atoms with Gasteiger partial charge in [-0.25, -0.2) is 4.39 Å². The number of pyridine rings is 1. The van der Waals surface area contributed by atoms with Crippen LogP contribution in [0.2, 0.25) is 5.02 Å². The van der Waals surface area contributed by atoms with Gasteiger partial charge in [0.05, 0.1) is 22.6 Å². The molecule has 0 bridgehead atoms. The van der Waals surface area contributed by atoms with Crippen LogP contribution >= 0.6 is 11.6 Å². The van der Waals surface area contributed by atoms with Gasteiger partial charge in [-0.15, -0.1) is 0 Å². The second-order valence-corrected chi connectivity index (χ2v) is 6.41. The van der Waals surface area contributed by atoms with Crippen LogP contribution in [0.4, 0.5) is 10.1 Å². The van der Waals surface area contributed by atoms with E-state index in [0.29, 0.717) is 5.69 Å². The van der Waals surface area contributed by atoms with Crippen LogP contribution in [0.1, 0.15) is 22.3 Å². The number of benzene rings is 1. The van der Waals surface area contributed by atoms with Crippen molar-refractivity contribution in [1.82, 2.24) is 4.98 Å². The Kier molecular flexibility index (Phi) is 4.44. The van der Waals surface area contributed by atoms with E-state index in [1.54, 1.807) is 18.2 Å². The smallest absolute Gasteiger partial charge is 0.294 e. The summed E-state index contributed by atoms with van der Waals surface area (Å²) in [5, 5.41) is 10.3. The minimum atomic E-state index is -1.03. The first kappa shape index (κ1) is 17.9. The molecule has 0 saturated carbocycles. The molecular formula is C20H12ClFN2O4. The van der Waals surface area contributed by atoms with Crippen LogP contribution in [0.25, 0.3) is 0 Å².